The van der Waals surface area contributed by atoms with E-state index < -0.39 is 10.0 Å². The summed E-state index contributed by atoms with van der Waals surface area (Å²) in [6.45, 7) is 3.98. The zero-order valence-electron chi connectivity index (χ0n) is 20.6. The van der Waals surface area contributed by atoms with Crippen LogP contribution in [0.1, 0.15) is 16.7 Å². The summed E-state index contributed by atoms with van der Waals surface area (Å²) in [5.74, 6) is 0.733. The summed E-state index contributed by atoms with van der Waals surface area (Å²) in [6.07, 6.45) is 0. The highest BCUT2D eigenvalue weighted by Gasteiger charge is 2.16. The van der Waals surface area contributed by atoms with Crippen LogP contribution in [0.5, 0.6) is 11.5 Å². The van der Waals surface area contributed by atoms with Crippen LogP contribution in [0.15, 0.2) is 102 Å². The average molecular weight is 517 g/mol. The lowest BCUT2D eigenvalue weighted by molar-refractivity contribution is -0.118. The van der Waals surface area contributed by atoms with E-state index in [1.54, 1.807) is 30.3 Å². The molecule has 0 saturated heterocycles. The molecule has 8 heteroatoms. The number of hydrogen-bond donors (Lipinski definition) is 2. The fraction of sp³-hybridized carbons (Fsp3) is 0.138. The van der Waals surface area contributed by atoms with Gasteiger partial charge in [0.05, 0.1) is 10.6 Å². The Balaban J connectivity index is 1.26. The zero-order chi connectivity index (χ0) is 26.3. The highest BCUT2D eigenvalue weighted by molar-refractivity contribution is 7.92. The van der Waals surface area contributed by atoms with Crippen LogP contribution in [-0.4, -0.2) is 20.9 Å². The molecule has 0 aliphatic carbocycles. The van der Waals surface area contributed by atoms with Crippen LogP contribution in [0.4, 0.5) is 11.4 Å². The number of aryl methyl sites for hydroxylation is 2. The fourth-order valence-electron chi connectivity index (χ4n) is 3.49. The first-order valence-electron chi connectivity index (χ1n) is 11.7. The first kappa shape index (κ1) is 25.8. The van der Waals surface area contributed by atoms with Gasteiger partial charge in [-0.1, -0.05) is 42.5 Å². The molecule has 0 fully saturated rings. The number of carbonyl (C=O) groups excluding carboxylic acids is 1. The van der Waals surface area contributed by atoms with E-state index in [1.165, 1.54) is 24.3 Å². The maximum atomic E-state index is 12.8. The van der Waals surface area contributed by atoms with Crippen molar-refractivity contribution in [3.8, 4) is 11.5 Å². The minimum absolute atomic E-state index is 0.0970. The Labute approximate surface area is 217 Å². The van der Waals surface area contributed by atoms with Gasteiger partial charge in [0.15, 0.2) is 6.61 Å². The number of hydrogen-bond acceptors (Lipinski definition) is 5. The van der Waals surface area contributed by atoms with E-state index in [0.29, 0.717) is 29.5 Å². The molecule has 0 aliphatic heterocycles. The number of nitrogens with one attached hydrogen (secondary N) is 2. The predicted octanol–water partition coefficient (Wildman–Crippen LogP) is 5.70. The quantitative estimate of drug-likeness (QED) is 0.282. The molecule has 0 saturated carbocycles. The predicted molar refractivity (Wildman–Crippen MR) is 145 cm³/mol. The molecule has 37 heavy (non-hydrogen) atoms. The maximum Gasteiger partial charge on any atom is 0.262 e. The number of anilines is 2. The molecule has 0 radical (unpaired) electrons. The summed E-state index contributed by atoms with van der Waals surface area (Å²) in [6, 6.07) is 28.4. The van der Waals surface area contributed by atoms with Gasteiger partial charge in [-0.15, -0.1) is 0 Å². The van der Waals surface area contributed by atoms with Gasteiger partial charge in [-0.05, 0) is 85.1 Å². The normalized spacial score (nSPS) is 11.0. The Bertz CT molecular complexity index is 1450. The lowest BCUT2D eigenvalue weighted by Crippen LogP contribution is -2.20. The van der Waals surface area contributed by atoms with Gasteiger partial charge in [0, 0.05) is 5.69 Å². The summed E-state index contributed by atoms with van der Waals surface area (Å²) >= 11 is 0. The van der Waals surface area contributed by atoms with Crippen molar-refractivity contribution in [1.29, 1.82) is 0 Å². The Morgan fingerprint density at radius 1 is 0.784 bits per heavy atom. The second-order valence-corrected chi connectivity index (χ2v) is 10.2. The van der Waals surface area contributed by atoms with Crippen molar-refractivity contribution in [2.45, 2.75) is 25.3 Å². The third-order valence-corrected chi connectivity index (χ3v) is 6.91. The molecule has 1 amide bonds. The van der Waals surface area contributed by atoms with Crippen LogP contribution >= 0.6 is 0 Å². The molecule has 4 aromatic carbocycles. The van der Waals surface area contributed by atoms with E-state index in [0.717, 1.165) is 16.7 Å². The van der Waals surface area contributed by atoms with E-state index >= 15 is 0 Å². The monoisotopic (exact) mass is 516 g/mol. The first-order chi connectivity index (χ1) is 17.8. The van der Waals surface area contributed by atoms with E-state index in [1.807, 2.05) is 56.3 Å². The molecule has 0 spiro atoms. The Hall–Kier alpha value is -4.30. The van der Waals surface area contributed by atoms with Crippen molar-refractivity contribution in [2.75, 3.05) is 16.6 Å². The highest BCUT2D eigenvalue weighted by Crippen LogP contribution is 2.23. The van der Waals surface area contributed by atoms with Gasteiger partial charge < -0.3 is 14.8 Å². The molecular formula is C29H28N2O5S. The number of rotatable bonds is 10. The number of benzene rings is 4. The number of amides is 1. The van der Waals surface area contributed by atoms with Crippen molar-refractivity contribution in [2.24, 2.45) is 0 Å². The molecule has 4 rings (SSSR count). The maximum absolute atomic E-state index is 12.8. The van der Waals surface area contributed by atoms with Gasteiger partial charge in [-0.25, -0.2) is 8.42 Å². The van der Waals surface area contributed by atoms with Gasteiger partial charge in [-0.2, -0.15) is 0 Å². The smallest absolute Gasteiger partial charge is 0.262 e. The minimum atomic E-state index is -3.76. The van der Waals surface area contributed by atoms with E-state index in [4.69, 9.17) is 9.47 Å². The van der Waals surface area contributed by atoms with E-state index in [2.05, 4.69) is 10.0 Å². The number of sulfonamides is 1. The van der Waals surface area contributed by atoms with Crippen molar-refractivity contribution >= 4 is 27.3 Å². The van der Waals surface area contributed by atoms with Crippen LogP contribution in [0.25, 0.3) is 0 Å². The van der Waals surface area contributed by atoms with Crippen molar-refractivity contribution in [3.63, 3.8) is 0 Å². The van der Waals surface area contributed by atoms with Crippen molar-refractivity contribution in [1.82, 2.24) is 0 Å². The van der Waals surface area contributed by atoms with Gasteiger partial charge in [-0.3, -0.25) is 9.52 Å². The van der Waals surface area contributed by atoms with Crippen molar-refractivity contribution < 1.29 is 22.7 Å². The molecule has 0 atom stereocenters. The lowest BCUT2D eigenvalue weighted by Gasteiger charge is -2.12. The minimum Gasteiger partial charge on any atom is -0.489 e. The Morgan fingerprint density at radius 3 is 2.14 bits per heavy atom. The van der Waals surface area contributed by atoms with Gasteiger partial charge >= 0.3 is 0 Å². The van der Waals surface area contributed by atoms with Crippen LogP contribution in [-0.2, 0) is 21.4 Å². The van der Waals surface area contributed by atoms with Gasteiger partial charge in [0.1, 0.15) is 18.1 Å². The zero-order valence-corrected chi connectivity index (χ0v) is 21.4. The third kappa shape index (κ3) is 7.35. The fourth-order valence-corrected chi connectivity index (χ4v) is 4.61. The molecule has 0 bridgehead atoms. The van der Waals surface area contributed by atoms with Crippen LogP contribution in [0.2, 0.25) is 0 Å². The molecule has 7 nitrogen and oxygen atoms in total. The summed E-state index contributed by atoms with van der Waals surface area (Å²) < 4.78 is 39.4. The van der Waals surface area contributed by atoms with Crippen LogP contribution < -0.4 is 19.5 Å². The molecular weight excluding hydrogens is 488 g/mol. The molecule has 2 N–H and O–H groups in total. The van der Waals surface area contributed by atoms with E-state index in [-0.39, 0.29) is 17.4 Å². The first-order valence-corrected chi connectivity index (χ1v) is 13.2. The van der Waals surface area contributed by atoms with E-state index in [9.17, 15) is 13.2 Å². The number of carbonyl (C=O) groups is 1. The summed E-state index contributed by atoms with van der Waals surface area (Å²) in [4.78, 5) is 12.4. The van der Waals surface area contributed by atoms with Crippen molar-refractivity contribution in [3.05, 3.63) is 114 Å². The summed E-state index contributed by atoms with van der Waals surface area (Å²) in [5, 5.41) is 2.76. The molecule has 190 valence electrons. The lowest BCUT2D eigenvalue weighted by atomic mass is 10.1. The molecule has 0 heterocycles. The molecule has 0 aliphatic rings. The average Bonchev–Trinajstić information content (AvgIpc) is 2.90. The largest absolute Gasteiger partial charge is 0.489 e. The Kier molecular flexibility index (Phi) is 8.10. The number of ether oxygens (including phenoxy) is 2. The second kappa shape index (κ2) is 11.6. The third-order valence-electron chi connectivity index (χ3n) is 5.53. The molecule has 0 unspecified atom stereocenters. The topological polar surface area (TPSA) is 93.7 Å². The Morgan fingerprint density at radius 2 is 1.43 bits per heavy atom. The summed E-state index contributed by atoms with van der Waals surface area (Å²) in [7, 11) is -3.76. The standard InChI is InChI=1S/C29H28N2O5S/c1-21-8-9-22(2)28(18-21)31-37(33,34)27-16-14-26(15-17-27)36-20-29(32)30-24-10-12-25(13-11-24)35-19-23-6-4-3-5-7-23/h3-18,31H,19-20H2,1-2H3,(H,30,32). The van der Waals surface area contributed by atoms with Crippen LogP contribution in [0.3, 0.4) is 0 Å². The van der Waals surface area contributed by atoms with Crippen LogP contribution in [0, 0.1) is 13.8 Å². The SMILES string of the molecule is Cc1ccc(C)c(NS(=O)(=O)c2ccc(OCC(=O)Nc3ccc(OCc4ccccc4)cc3)cc2)c1. The molecule has 0 aromatic heterocycles. The van der Waals surface area contributed by atoms with Gasteiger partial charge in [0.2, 0.25) is 0 Å². The highest BCUT2D eigenvalue weighted by atomic mass is 32.2. The molecule has 4 aromatic rings. The summed E-state index contributed by atoms with van der Waals surface area (Å²) in [5.41, 5.74) is 4.00. The van der Waals surface area contributed by atoms with Gasteiger partial charge in [0.25, 0.3) is 15.9 Å². The second-order valence-electron chi connectivity index (χ2n) is 8.53.